The maximum atomic E-state index is 2.45. The second-order valence-corrected chi connectivity index (χ2v) is 6.72. The summed E-state index contributed by atoms with van der Waals surface area (Å²) < 4.78 is 0. The Bertz CT molecular complexity index is 635. The van der Waals surface area contributed by atoms with Gasteiger partial charge in [-0.2, -0.15) is 0 Å². The minimum atomic E-state index is 0.654. The fourth-order valence-electron chi connectivity index (χ4n) is 3.43. The molecule has 0 N–H and O–H groups in total. The Hall–Kier alpha value is -1.25. The number of benzene rings is 2. The van der Waals surface area contributed by atoms with E-state index in [-0.39, 0.29) is 0 Å². The van der Waals surface area contributed by atoms with E-state index in [2.05, 4.69) is 54.4 Å². The molecule has 0 radical (unpaired) electrons. The molecule has 0 aliphatic carbocycles. The number of nitrogens with zero attached hydrogens (tertiary/aromatic N) is 1. The summed E-state index contributed by atoms with van der Waals surface area (Å²) in [4.78, 5) is 5.36. The predicted octanol–water partition coefficient (Wildman–Crippen LogP) is 3.92. The maximum Gasteiger partial charge on any atom is 0.0234 e. The number of rotatable bonds is 0. The molecule has 4 rings (SSSR count). The first-order chi connectivity index (χ1) is 9.31. The minimum Gasteiger partial charge on any atom is -0.301 e. The van der Waals surface area contributed by atoms with Gasteiger partial charge in [0.2, 0.25) is 0 Å². The van der Waals surface area contributed by atoms with E-state index in [9.17, 15) is 0 Å². The van der Waals surface area contributed by atoms with Gasteiger partial charge in [-0.15, -0.1) is 0 Å². The highest BCUT2D eigenvalue weighted by Gasteiger charge is 2.29. The summed E-state index contributed by atoms with van der Waals surface area (Å²) >= 11 is 1.95. The highest BCUT2D eigenvalue weighted by Crippen LogP contribution is 2.44. The molecular weight excluding hydrogens is 250 g/mol. The van der Waals surface area contributed by atoms with Crippen molar-refractivity contribution in [2.24, 2.45) is 0 Å². The van der Waals surface area contributed by atoms with Gasteiger partial charge in [0.1, 0.15) is 0 Å². The van der Waals surface area contributed by atoms with Gasteiger partial charge in [0.05, 0.1) is 0 Å². The van der Waals surface area contributed by atoms with Gasteiger partial charge in [0.15, 0.2) is 0 Å². The van der Waals surface area contributed by atoms with Crippen LogP contribution in [0.15, 0.2) is 52.3 Å². The highest BCUT2D eigenvalue weighted by molar-refractivity contribution is 7.99. The molecule has 2 heteroatoms. The van der Waals surface area contributed by atoms with E-state index < -0.39 is 0 Å². The Balaban J connectivity index is 1.91. The highest BCUT2D eigenvalue weighted by atomic mass is 32.2. The zero-order valence-electron chi connectivity index (χ0n) is 11.1. The monoisotopic (exact) mass is 267 g/mol. The van der Waals surface area contributed by atoms with E-state index in [1.54, 1.807) is 5.56 Å². The molecule has 1 atom stereocenters. The molecule has 2 aliphatic heterocycles. The summed E-state index contributed by atoms with van der Waals surface area (Å²) in [5.74, 6) is 0.654. The standard InChI is InChI=1S/C17H17NS/c1-18-10-13-6-4-8-16-17(13)14(11-18)9-12-5-2-3-7-15(12)19-16/h2-8,14H,9-11H2,1H3/t14-/m1/s1. The summed E-state index contributed by atoms with van der Waals surface area (Å²) in [6, 6.07) is 15.7. The largest absolute Gasteiger partial charge is 0.301 e. The SMILES string of the molecule is CN1Cc2cccc3c2[C@H](Cc2ccccc2S3)C1. The lowest BCUT2D eigenvalue weighted by atomic mass is 9.85. The summed E-state index contributed by atoms with van der Waals surface area (Å²) in [6.07, 6.45) is 1.18. The second-order valence-electron chi connectivity index (χ2n) is 5.64. The van der Waals surface area contributed by atoms with Crippen molar-refractivity contribution < 1.29 is 0 Å². The minimum absolute atomic E-state index is 0.654. The summed E-state index contributed by atoms with van der Waals surface area (Å²) in [5.41, 5.74) is 4.65. The lowest BCUT2D eigenvalue weighted by Gasteiger charge is -2.32. The molecule has 19 heavy (non-hydrogen) atoms. The molecule has 96 valence electrons. The normalized spacial score (nSPS) is 21.4. The van der Waals surface area contributed by atoms with E-state index in [1.807, 2.05) is 11.8 Å². The smallest absolute Gasteiger partial charge is 0.0234 e. The molecular formula is C17H17NS. The Kier molecular flexibility index (Phi) is 2.68. The van der Waals surface area contributed by atoms with Crippen LogP contribution < -0.4 is 0 Å². The van der Waals surface area contributed by atoms with Crippen LogP contribution in [0.3, 0.4) is 0 Å². The van der Waals surface area contributed by atoms with Crippen molar-refractivity contribution in [2.45, 2.75) is 28.7 Å². The maximum absolute atomic E-state index is 2.45. The summed E-state index contributed by atoms with van der Waals surface area (Å²) in [6.45, 7) is 2.27. The van der Waals surface area contributed by atoms with Crippen molar-refractivity contribution in [1.82, 2.24) is 4.90 Å². The average Bonchev–Trinajstić information content (AvgIpc) is 2.55. The molecule has 0 bridgehead atoms. The van der Waals surface area contributed by atoms with Crippen LogP contribution in [-0.4, -0.2) is 18.5 Å². The number of likely N-dealkylation sites (N-methyl/N-ethyl adjacent to an activating group) is 1. The van der Waals surface area contributed by atoms with Gasteiger partial charge in [-0.25, -0.2) is 0 Å². The van der Waals surface area contributed by atoms with Crippen LogP contribution in [0, 0.1) is 0 Å². The van der Waals surface area contributed by atoms with E-state index in [0.717, 1.165) is 6.54 Å². The Morgan fingerprint density at radius 2 is 1.79 bits per heavy atom. The molecule has 0 unspecified atom stereocenters. The van der Waals surface area contributed by atoms with Gasteiger partial charge in [-0.3, -0.25) is 0 Å². The second kappa shape index (κ2) is 4.39. The van der Waals surface area contributed by atoms with Crippen LogP contribution >= 0.6 is 11.8 Å². The molecule has 0 fully saturated rings. The van der Waals surface area contributed by atoms with Crippen LogP contribution in [0.4, 0.5) is 0 Å². The third-order valence-corrected chi connectivity index (χ3v) is 5.39. The van der Waals surface area contributed by atoms with Crippen molar-refractivity contribution >= 4 is 11.8 Å². The third-order valence-electron chi connectivity index (χ3n) is 4.20. The molecule has 0 saturated heterocycles. The number of fused-ring (bicyclic) bond motifs is 1. The molecule has 2 heterocycles. The molecule has 0 aromatic heterocycles. The van der Waals surface area contributed by atoms with Crippen molar-refractivity contribution in [3.8, 4) is 0 Å². The first-order valence-corrected chi connectivity index (χ1v) is 7.69. The van der Waals surface area contributed by atoms with Crippen LogP contribution in [0.2, 0.25) is 0 Å². The summed E-state index contributed by atoms with van der Waals surface area (Å²) in [7, 11) is 2.24. The van der Waals surface area contributed by atoms with Crippen molar-refractivity contribution in [2.75, 3.05) is 13.6 Å². The lowest BCUT2D eigenvalue weighted by molar-refractivity contribution is 0.277. The zero-order valence-corrected chi connectivity index (χ0v) is 11.9. The Labute approximate surface area is 118 Å². The topological polar surface area (TPSA) is 3.24 Å². The van der Waals surface area contributed by atoms with Gasteiger partial charge in [0, 0.05) is 28.8 Å². The molecule has 2 aliphatic rings. The Morgan fingerprint density at radius 1 is 1.00 bits per heavy atom. The average molecular weight is 267 g/mol. The number of hydrogen-bond acceptors (Lipinski definition) is 2. The predicted molar refractivity (Wildman–Crippen MR) is 79.8 cm³/mol. The zero-order chi connectivity index (χ0) is 12.8. The fraction of sp³-hybridized carbons (Fsp3) is 0.294. The van der Waals surface area contributed by atoms with E-state index in [1.165, 1.54) is 33.9 Å². The molecule has 0 saturated carbocycles. The summed E-state index contributed by atoms with van der Waals surface area (Å²) in [5, 5.41) is 0. The first kappa shape index (κ1) is 11.6. The third kappa shape index (κ3) is 1.90. The van der Waals surface area contributed by atoms with E-state index >= 15 is 0 Å². The molecule has 0 amide bonds. The molecule has 2 aromatic carbocycles. The number of hydrogen-bond donors (Lipinski definition) is 0. The molecule has 1 nitrogen and oxygen atoms in total. The van der Waals surface area contributed by atoms with Gasteiger partial charge in [-0.1, -0.05) is 42.1 Å². The van der Waals surface area contributed by atoms with Crippen LogP contribution in [0.25, 0.3) is 0 Å². The van der Waals surface area contributed by atoms with Crippen molar-refractivity contribution in [3.05, 3.63) is 59.2 Å². The van der Waals surface area contributed by atoms with Crippen molar-refractivity contribution in [3.63, 3.8) is 0 Å². The lowest BCUT2D eigenvalue weighted by Crippen LogP contribution is -2.31. The van der Waals surface area contributed by atoms with Crippen LogP contribution in [0.5, 0.6) is 0 Å². The van der Waals surface area contributed by atoms with Gasteiger partial charge in [0.25, 0.3) is 0 Å². The van der Waals surface area contributed by atoms with Crippen LogP contribution in [0.1, 0.15) is 22.6 Å². The molecule has 2 aromatic rings. The quantitative estimate of drug-likeness (QED) is 0.711. The van der Waals surface area contributed by atoms with Crippen LogP contribution in [-0.2, 0) is 13.0 Å². The Morgan fingerprint density at radius 3 is 2.74 bits per heavy atom. The molecule has 0 spiro atoms. The van der Waals surface area contributed by atoms with E-state index in [4.69, 9.17) is 0 Å². The van der Waals surface area contributed by atoms with E-state index in [0.29, 0.717) is 5.92 Å². The van der Waals surface area contributed by atoms with Gasteiger partial charge >= 0.3 is 0 Å². The first-order valence-electron chi connectivity index (χ1n) is 6.87. The fourth-order valence-corrected chi connectivity index (χ4v) is 4.65. The van der Waals surface area contributed by atoms with Crippen molar-refractivity contribution in [1.29, 1.82) is 0 Å². The van der Waals surface area contributed by atoms with Gasteiger partial charge in [-0.05, 0) is 42.3 Å². The van der Waals surface area contributed by atoms with Gasteiger partial charge < -0.3 is 4.90 Å².